The molecule has 20 heavy (non-hydrogen) atoms. The number of hydrogen-bond acceptors (Lipinski definition) is 4. The summed E-state index contributed by atoms with van der Waals surface area (Å²) in [4.78, 5) is 5.09. The van der Waals surface area contributed by atoms with Gasteiger partial charge in [-0.25, -0.2) is 4.98 Å². The Labute approximate surface area is 122 Å². The predicted molar refractivity (Wildman–Crippen MR) is 74.0 cm³/mol. The summed E-state index contributed by atoms with van der Waals surface area (Å²) in [5.74, 6) is 0.831. The Morgan fingerprint density at radius 3 is 2.75 bits per heavy atom. The molecule has 0 radical (unpaired) electrons. The van der Waals surface area contributed by atoms with Crippen molar-refractivity contribution in [2.24, 2.45) is 5.73 Å². The Morgan fingerprint density at radius 2 is 2.05 bits per heavy atom. The van der Waals surface area contributed by atoms with E-state index in [1.807, 2.05) is 24.3 Å². The van der Waals surface area contributed by atoms with Crippen LogP contribution in [-0.4, -0.2) is 10.7 Å². The zero-order valence-electron chi connectivity index (χ0n) is 10.2. The molecular formula is C13H11F3N2S2. The Bertz CT molecular complexity index is 624. The van der Waals surface area contributed by atoms with E-state index in [1.54, 1.807) is 11.8 Å². The lowest BCUT2D eigenvalue weighted by Gasteiger charge is -2.17. The molecule has 2 unspecified atom stereocenters. The summed E-state index contributed by atoms with van der Waals surface area (Å²) in [5, 5.41) is -0.832. The van der Waals surface area contributed by atoms with Crippen LogP contribution in [-0.2, 0) is 6.18 Å². The van der Waals surface area contributed by atoms with E-state index in [0.717, 1.165) is 16.2 Å². The van der Waals surface area contributed by atoms with Crippen LogP contribution in [0.3, 0.4) is 0 Å². The fourth-order valence-corrected chi connectivity index (χ4v) is 4.41. The van der Waals surface area contributed by atoms with Crippen LogP contribution in [0.25, 0.3) is 0 Å². The summed E-state index contributed by atoms with van der Waals surface area (Å²) < 4.78 is 37.8. The van der Waals surface area contributed by atoms with E-state index < -0.39 is 17.2 Å². The maximum absolute atomic E-state index is 12.6. The van der Waals surface area contributed by atoms with Crippen LogP contribution in [0.15, 0.2) is 35.4 Å². The highest BCUT2D eigenvalue weighted by molar-refractivity contribution is 7.99. The molecule has 1 aromatic heterocycles. The van der Waals surface area contributed by atoms with Gasteiger partial charge in [0.1, 0.15) is 0 Å². The number of aromatic nitrogens is 1. The van der Waals surface area contributed by atoms with Gasteiger partial charge in [-0.05, 0) is 11.6 Å². The number of hydrogen-bond donors (Lipinski definition) is 1. The topological polar surface area (TPSA) is 38.9 Å². The van der Waals surface area contributed by atoms with Crippen LogP contribution >= 0.6 is 23.1 Å². The van der Waals surface area contributed by atoms with Gasteiger partial charge in [-0.1, -0.05) is 18.2 Å². The monoisotopic (exact) mass is 316 g/mol. The molecule has 2 heterocycles. The molecule has 2 nitrogen and oxygen atoms in total. The minimum Gasteiger partial charge on any atom is -0.323 e. The van der Waals surface area contributed by atoms with Crippen molar-refractivity contribution in [3.05, 3.63) is 45.9 Å². The second-order valence-electron chi connectivity index (χ2n) is 4.55. The molecule has 0 bridgehead atoms. The first kappa shape index (κ1) is 13.9. The normalized spacial score (nSPS) is 19.9. The summed E-state index contributed by atoms with van der Waals surface area (Å²) in [6.45, 7) is 0. The van der Waals surface area contributed by atoms with Crippen LogP contribution in [0.1, 0.15) is 27.4 Å². The minimum atomic E-state index is -4.40. The van der Waals surface area contributed by atoms with Gasteiger partial charge in [0.15, 0.2) is 5.01 Å². The Hall–Kier alpha value is -1.05. The molecule has 0 amide bonds. The van der Waals surface area contributed by atoms with Crippen molar-refractivity contribution in [3.8, 4) is 0 Å². The van der Waals surface area contributed by atoms with Crippen LogP contribution in [0.5, 0.6) is 0 Å². The SMILES string of the molecule is NC(c1cnc(C(F)(F)F)s1)C1CSc2ccccc21. The van der Waals surface area contributed by atoms with Gasteiger partial charge >= 0.3 is 6.18 Å². The minimum absolute atomic E-state index is 0.0396. The molecule has 2 aromatic rings. The highest BCUT2D eigenvalue weighted by Crippen LogP contribution is 2.46. The molecule has 1 aromatic carbocycles. The van der Waals surface area contributed by atoms with Crippen molar-refractivity contribution in [1.29, 1.82) is 0 Å². The highest BCUT2D eigenvalue weighted by Gasteiger charge is 2.36. The lowest BCUT2D eigenvalue weighted by Crippen LogP contribution is -2.18. The number of rotatable bonds is 2. The third kappa shape index (κ3) is 2.45. The second-order valence-corrected chi connectivity index (χ2v) is 6.67. The molecule has 0 aliphatic carbocycles. The van der Waals surface area contributed by atoms with Crippen molar-refractivity contribution in [1.82, 2.24) is 4.98 Å². The Kier molecular flexibility index (Phi) is 3.51. The average molecular weight is 316 g/mol. The summed E-state index contributed by atoms with van der Waals surface area (Å²) in [5.41, 5.74) is 7.28. The van der Waals surface area contributed by atoms with Crippen LogP contribution in [0, 0.1) is 0 Å². The summed E-state index contributed by atoms with van der Waals surface area (Å²) in [6.07, 6.45) is -3.14. The standard InChI is InChI=1S/C13H11F3N2S2/c14-13(15,16)12-18-5-10(20-12)11(17)8-6-19-9-4-2-1-3-7(8)9/h1-5,8,11H,6,17H2. The lowest BCUT2D eigenvalue weighted by atomic mass is 9.93. The number of alkyl halides is 3. The van der Waals surface area contributed by atoms with Gasteiger partial charge < -0.3 is 5.73 Å². The number of fused-ring (bicyclic) bond motifs is 1. The average Bonchev–Trinajstić information content (AvgIpc) is 3.04. The Morgan fingerprint density at radius 1 is 1.30 bits per heavy atom. The van der Waals surface area contributed by atoms with Crippen LogP contribution < -0.4 is 5.73 Å². The van der Waals surface area contributed by atoms with Gasteiger partial charge in [0, 0.05) is 33.7 Å². The fourth-order valence-electron chi connectivity index (χ4n) is 2.25. The van der Waals surface area contributed by atoms with Crippen molar-refractivity contribution >= 4 is 23.1 Å². The molecule has 106 valence electrons. The second kappa shape index (κ2) is 5.05. The van der Waals surface area contributed by atoms with Gasteiger partial charge in [0.05, 0.1) is 0 Å². The summed E-state index contributed by atoms with van der Waals surface area (Å²) in [7, 11) is 0. The molecule has 2 atom stereocenters. The maximum atomic E-state index is 12.6. The largest absolute Gasteiger partial charge is 0.443 e. The quantitative estimate of drug-likeness (QED) is 0.908. The zero-order chi connectivity index (χ0) is 14.3. The molecule has 0 saturated heterocycles. The third-order valence-electron chi connectivity index (χ3n) is 3.26. The molecular weight excluding hydrogens is 305 g/mol. The molecule has 0 fully saturated rings. The van der Waals surface area contributed by atoms with E-state index in [0.29, 0.717) is 16.2 Å². The number of benzene rings is 1. The van der Waals surface area contributed by atoms with Gasteiger partial charge in [0.2, 0.25) is 0 Å². The third-order valence-corrected chi connectivity index (χ3v) is 5.62. The van der Waals surface area contributed by atoms with E-state index in [2.05, 4.69) is 4.98 Å². The van der Waals surface area contributed by atoms with Crippen molar-refractivity contribution in [3.63, 3.8) is 0 Å². The first-order valence-electron chi connectivity index (χ1n) is 5.97. The molecule has 1 aliphatic rings. The Balaban J connectivity index is 1.87. The molecule has 0 saturated carbocycles. The van der Waals surface area contributed by atoms with Crippen molar-refractivity contribution in [2.45, 2.75) is 23.0 Å². The fraction of sp³-hybridized carbons (Fsp3) is 0.308. The number of thiazole rings is 1. The number of thioether (sulfide) groups is 1. The van der Waals surface area contributed by atoms with E-state index in [4.69, 9.17) is 5.73 Å². The van der Waals surface area contributed by atoms with Gasteiger partial charge in [-0.3, -0.25) is 0 Å². The molecule has 7 heteroatoms. The first-order chi connectivity index (χ1) is 9.47. The predicted octanol–water partition coefficient (Wildman–Crippen LogP) is 4.05. The number of halogens is 3. The smallest absolute Gasteiger partial charge is 0.323 e. The summed E-state index contributed by atoms with van der Waals surface area (Å²) >= 11 is 2.33. The zero-order valence-corrected chi connectivity index (χ0v) is 11.9. The number of nitrogens with two attached hydrogens (primary N) is 1. The van der Waals surface area contributed by atoms with E-state index >= 15 is 0 Å². The first-order valence-corrected chi connectivity index (χ1v) is 7.77. The van der Waals surface area contributed by atoms with Crippen molar-refractivity contribution in [2.75, 3.05) is 5.75 Å². The van der Waals surface area contributed by atoms with Crippen LogP contribution in [0.4, 0.5) is 13.2 Å². The van der Waals surface area contributed by atoms with E-state index in [-0.39, 0.29) is 5.92 Å². The lowest BCUT2D eigenvalue weighted by molar-refractivity contribution is -0.137. The van der Waals surface area contributed by atoms with Gasteiger partial charge in [0.25, 0.3) is 0 Å². The van der Waals surface area contributed by atoms with Gasteiger partial charge in [-0.2, -0.15) is 13.2 Å². The van der Waals surface area contributed by atoms with E-state index in [9.17, 15) is 13.2 Å². The summed E-state index contributed by atoms with van der Waals surface area (Å²) in [6, 6.07) is 7.44. The maximum Gasteiger partial charge on any atom is 0.443 e. The van der Waals surface area contributed by atoms with E-state index in [1.165, 1.54) is 6.20 Å². The van der Waals surface area contributed by atoms with Crippen LogP contribution in [0.2, 0.25) is 0 Å². The molecule has 0 spiro atoms. The highest BCUT2D eigenvalue weighted by atomic mass is 32.2. The number of nitrogens with zero attached hydrogens (tertiary/aromatic N) is 1. The van der Waals surface area contributed by atoms with Crippen molar-refractivity contribution < 1.29 is 13.2 Å². The van der Waals surface area contributed by atoms with Gasteiger partial charge in [-0.15, -0.1) is 23.1 Å². The molecule has 3 rings (SSSR count). The molecule has 2 N–H and O–H groups in total. The molecule has 1 aliphatic heterocycles.